The molecule has 1 amide bonds. The summed E-state index contributed by atoms with van der Waals surface area (Å²) in [6, 6.07) is 7.92. The number of halogens is 3. The topological polar surface area (TPSA) is 94.2 Å². The van der Waals surface area contributed by atoms with E-state index in [0.29, 0.717) is 63.1 Å². The second-order valence-corrected chi connectivity index (χ2v) is 8.09. The second kappa shape index (κ2) is 10.8. The summed E-state index contributed by atoms with van der Waals surface area (Å²) >= 11 is 0. The summed E-state index contributed by atoms with van der Waals surface area (Å²) in [4.78, 5) is 23.3. The molecule has 1 atom stereocenters. The number of aromatic carboxylic acids is 1. The smallest absolute Gasteiger partial charge is 0.416 e. The maximum atomic E-state index is 12.9. The van der Waals surface area contributed by atoms with Crippen LogP contribution in [-0.2, 0) is 23.8 Å². The number of carbonyl (C=O) groups is 2. The van der Waals surface area contributed by atoms with Gasteiger partial charge in [-0.3, -0.25) is 9.80 Å². The zero-order valence-electron chi connectivity index (χ0n) is 18.1. The molecule has 10 heteroatoms. The number of aliphatic hydroxyl groups excluding tert-OH is 1. The standard InChI is InChI=1S/C23H27F3N2O5/c24-23(25,26)17-5-1-4-16(14-17)15-18(29)10-13-27-11-3-7-21(30)28(27)12-2-6-19-8-9-20(33-19)22(31)32/h1,4-5,8-9,14,18,29H,2-3,6-7,10-13,15H2,(H,31,32). The Bertz CT molecular complexity index is 960. The Morgan fingerprint density at radius 1 is 1.18 bits per heavy atom. The van der Waals surface area contributed by atoms with Crippen LogP contribution in [-0.4, -0.2) is 57.8 Å². The summed E-state index contributed by atoms with van der Waals surface area (Å²) in [5, 5.41) is 22.8. The quantitative estimate of drug-likeness (QED) is 0.552. The van der Waals surface area contributed by atoms with Crippen LogP contribution in [0.2, 0.25) is 0 Å². The lowest BCUT2D eigenvalue weighted by molar-refractivity contribution is -0.156. The number of carboxylic acid groups (broad SMARTS) is 1. The molecule has 0 bridgehead atoms. The molecule has 0 spiro atoms. The van der Waals surface area contributed by atoms with Crippen LogP contribution in [0.15, 0.2) is 40.8 Å². The Kier molecular flexibility index (Phi) is 8.15. The highest BCUT2D eigenvalue weighted by Gasteiger charge is 2.30. The zero-order chi connectivity index (χ0) is 24.0. The fourth-order valence-electron chi connectivity index (χ4n) is 3.90. The van der Waals surface area contributed by atoms with Crippen molar-refractivity contribution in [3.63, 3.8) is 0 Å². The minimum Gasteiger partial charge on any atom is -0.475 e. The van der Waals surface area contributed by atoms with Gasteiger partial charge in [0.2, 0.25) is 11.7 Å². The van der Waals surface area contributed by atoms with Crippen molar-refractivity contribution in [2.24, 2.45) is 0 Å². The van der Waals surface area contributed by atoms with Crippen molar-refractivity contribution in [2.75, 3.05) is 19.6 Å². The first kappa shape index (κ1) is 24.8. The molecule has 2 N–H and O–H groups in total. The Balaban J connectivity index is 1.50. The summed E-state index contributed by atoms with van der Waals surface area (Å²) < 4.78 is 43.9. The maximum absolute atomic E-state index is 12.9. The van der Waals surface area contributed by atoms with Gasteiger partial charge in [0.15, 0.2) is 0 Å². The zero-order valence-corrected chi connectivity index (χ0v) is 18.1. The number of nitrogens with zero attached hydrogens (tertiary/aromatic N) is 2. The minimum atomic E-state index is -4.43. The van der Waals surface area contributed by atoms with Crippen molar-refractivity contribution >= 4 is 11.9 Å². The molecule has 0 radical (unpaired) electrons. The average Bonchev–Trinajstić information content (AvgIpc) is 3.23. The maximum Gasteiger partial charge on any atom is 0.416 e. The van der Waals surface area contributed by atoms with Gasteiger partial charge < -0.3 is 14.6 Å². The normalized spacial score (nSPS) is 16.2. The highest BCUT2D eigenvalue weighted by molar-refractivity contribution is 5.84. The van der Waals surface area contributed by atoms with Gasteiger partial charge in [-0.1, -0.05) is 18.2 Å². The molecule has 1 fully saturated rings. The molecule has 2 heterocycles. The van der Waals surface area contributed by atoms with E-state index in [0.717, 1.165) is 12.1 Å². The van der Waals surface area contributed by atoms with Gasteiger partial charge >= 0.3 is 12.1 Å². The van der Waals surface area contributed by atoms with Crippen LogP contribution in [0, 0.1) is 0 Å². The molecular formula is C23H27F3N2O5. The number of aryl methyl sites for hydroxylation is 1. The van der Waals surface area contributed by atoms with Gasteiger partial charge in [-0.15, -0.1) is 0 Å². The fraction of sp³-hybridized carbons (Fsp3) is 0.478. The van der Waals surface area contributed by atoms with Crippen LogP contribution >= 0.6 is 0 Å². The number of hydrogen-bond donors (Lipinski definition) is 2. The number of alkyl halides is 3. The van der Waals surface area contributed by atoms with E-state index in [1.54, 1.807) is 17.1 Å². The Labute approximate surface area is 189 Å². The first-order chi connectivity index (χ1) is 15.6. The number of furan rings is 1. The van der Waals surface area contributed by atoms with E-state index in [2.05, 4.69) is 0 Å². The van der Waals surface area contributed by atoms with Gasteiger partial charge in [0, 0.05) is 32.5 Å². The van der Waals surface area contributed by atoms with Crippen LogP contribution in [0.1, 0.15) is 53.1 Å². The van der Waals surface area contributed by atoms with Gasteiger partial charge in [-0.2, -0.15) is 13.2 Å². The molecule has 1 aliphatic heterocycles. The summed E-state index contributed by atoms with van der Waals surface area (Å²) in [7, 11) is 0. The van der Waals surface area contributed by atoms with Crippen molar-refractivity contribution < 1.29 is 37.4 Å². The van der Waals surface area contributed by atoms with Gasteiger partial charge in [0.05, 0.1) is 11.7 Å². The van der Waals surface area contributed by atoms with Crippen molar-refractivity contribution in [3.8, 4) is 0 Å². The summed E-state index contributed by atoms with van der Waals surface area (Å²) in [6.45, 7) is 1.47. The molecule has 2 aromatic rings. The number of aliphatic hydroxyl groups is 1. The van der Waals surface area contributed by atoms with Crippen LogP contribution in [0.5, 0.6) is 0 Å². The summed E-state index contributed by atoms with van der Waals surface area (Å²) in [5.41, 5.74) is -0.338. The van der Waals surface area contributed by atoms with E-state index in [1.165, 1.54) is 12.1 Å². The highest BCUT2D eigenvalue weighted by atomic mass is 19.4. The molecule has 3 rings (SSSR count). The van der Waals surface area contributed by atoms with Gasteiger partial charge in [0.1, 0.15) is 5.76 Å². The first-order valence-corrected chi connectivity index (χ1v) is 10.8. The Morgan fingerprint density at radius 3 is 2.67 bits per heavy atom. The average molecular weight is 468 g/mol. The minimum absolute atomic E-state index is 0.0284. The van der Waals surface area contributed by atoms with Crippen LogP contribution in [0.3, 0.4) is 0 Å². The lowest BCUT2D eigenvalue weighted by Crippen LogP contribution is -2.51. The first-order valence-electron chi connectivity index (χ1n) is 10.8. The number of carboxylic acids is 1. The lowest BCUT2D eigenvalue weighted by Gasteiger charge is -2.39. The molecule has 1 saturated heterocycles. The third-order valence-electron chi connectivity index (χ3n) is 5.55. The molecule has 33 heavy (non-hydrogen) atoms. The molecule has 1 aromatic carbocycles. The van der Waals surface area contributed by atoms with Gasteiger partial charge in [0.25, 0.3) is 0 Å². The number of hydrazine groups is 1. The second-order valence-electron chi connectivity index (χ2n) is 8.09. The van der Waals surface area contributed by atoms with E-state index < -0.39 is 23.8 Å². The largest absolute Gasteiger partial charge is 0.475 e. The third kappa shape index (κ3) is 7.06. The van der Waals surface area contributed by atoms with Crippen LogP contribution in [0.25, 0.3) is 0 Å². The number of carbonyl (C=O) groups excluding carboxylic acids is 1. The molecule has 1 unspecified atom stereocenters. The Hall–Kier alpha value is -2.85. The van der Waals surface area contributed by atoms with E-state index in [-0.39, 0.29) is 18.1 Å². The SMILES string of the molecule is O=C(O)c1ccc(CCCN2C(=O)CCCN2CCC(O)Cc2cccc(C(F)(F)F)c2)o1. The number of amides is 1. The van der Waals surface area contributed by atoms with Crippen molar-refractivity contribution in [1.82, 2.24) is 10.0 Å². The van der Waals surface area contributed by atoms with E-state index >= 15 is 0 Å². The number of rotatable bonds is 10. The van der Waals surface area contributed by atoms with E-state index in [4.69, 9.17) is 9.52 Å². The number of benzene rings is 1. The van der Waals surface area contributed by atoms with Crippen molar-refractivity contribution in [3.05, 3.63) is 59.0 Å². The molecule has 180 valence electrons. The molecule has 1 aromatic heterocycles. The fourth-order valence-corrected chi connectivity index (χ4v) is 3.90. The highest BCUT2D eigenvalue weighted by Crippen LogP contribution is 2.30. The number of hydrogen-bond acceptors (Lipinski definition) is 5. The lowest BCUT2D eigenvalue weighted by atomic mass is 10.0. The van der Waals surface area contributed by atoms with Crippen molar-refractivity contribution in [2.45, 2.75) is 50.8 Å². The van der Waals surface area contributed by atoms with E-state index in [1.807, 2.05) is 5.01 Å². The predicted octanol–water partition coefficient (Wildman–Crippen LogP) is 3.76. The predicted molar refractivity (Wildman–Crippen MR) is 112 cm³/mol. The summed E-state index contributed by atoms with van der Waals surface area (Å²) in [5.74, 6) is -0.767. The van der Waals surface area contributed by atoms with Gasteiger partial charge in [-0.25, -0.2) is 9.80 Å². The molecule has 7 nitrogen and oxygen atoms in total. The van der Waals surface area contributed by atoms with Crippen molar-refractivity contribution in [1.29, 1.82) is 0 Å². The summed E-state index contributed by atoms with van der Waals surface area (Å²) in [6.07, 6.45) is -2.71. The van der Waals surface area contributed by atoms with Crippen LogP contribution in [0.4, 0.5) is 13.2 Å². The Morgan fingerprint density at radius 2 is 1.97 bits per heavy atom. The third-order valence-corrected chi connectivity index (χ3v) is 5.55. The molecular weight excluding hydrogens is 441 g/mol. The molecule has 1 aliphatic rings. The van der Waals surface area contributed by atoms with E-state index in [9.17, 15) is 27.9 Å². The molecule has 0 saturated carbocycles. The van der Waals surface area contributed by atoms with Gasteiger partial charge in [-0.05, 0) is 49.4 Å². The van der Waals surface area contributed by atoms with Crippen LogP contribution < -0.4 is 0 Å². The monoisotopic (exact) mass is 468 g/mol. The molecule has 0 aliphatic carbocycles.